The van der Waals surface area contributed by atoms with E-state index in [1.54, 1.807) is 12.4 Å². The van der Waals surface area contributed by atoms with Crippen LogP contribution in [0.3, 0.4) is 0 Å². The van der Waals surface area contributed by atoms with E-state index in [2.05, 4.69) is 10.3 Å². The van der Waals surface area contributed by atoms with Crippen molar-refractivity contribution in [1.82, 2.24) is 14.9 Å². The molecule has 0 radical (unpaired) electrons. The Morgan fingerprint density at radius 2 is 2.33 bits per heavy atom. The molecule has 0 bridgehead atoms. The Morgan fingerprint density at radius 1 is 1.48 bits per heavy atom. The summed E-state index contributed by atoms with van der Waals surface area (Å²) < 4.78 is 15.8. The Bertz CT molecular complexity index is 631. The van der Waals surface area contributed by atoms with Crippen molar-refractivity contribution in [2.45, 2.75) is 44.4 Å². The lowest BCUT2D eigenvalue weighted by atomic mass is 9.97. The lowest BCUT2D eigenvalue weighted by molar-refractivity contribution is 0.0909. The first-order valence-electron chi connectivity index (χ1n) is 7.36. The van der Waals surface area contributed by atoms with Gasteiger partial charge in [-0.25, -0.2) is 9.37 Å². The number of nitrogens with zero attached hydrogens (tertiary/aromatic N) is 2. The van der Waals surface area contributed by atoms with E-state index in [4.69, 9.17) is 11.6 Å². The molecule has 3 rings (SSSR count). The molecule has 0 saturated carbocycles. The largest absolute Gasteiger partial charge is 0.392 e. The van der Waals surface area contributed by atoms with Crippen molar-refractivity contribution in [3.05, 3.63) is 29.3 Å². The van der Waals surface area contributed by atoms with Crippen molar-refractivity contribution < 1.29 is 9.50 Å². The Hall–Kier alpha value is -1.17. The molecule has 1 aliphatic heterocycles. The molecule has 2 N–H and O–H groups in total. The maximum atomic E-state index is 14.0. The second-order valence-corrected chi connectivity index (χ2v) is 6.04. The molecule has 1 aromatic carbocycles. The zero-order valence-corrected chi connectivity index (χ0v) is 12.5. The summed E-state index contributed by atoms with van der Waals surface area (Å²) in [6.45, 7) is 1.64. The van der Waals surface area contributed by atoms with E-state index in [9.17, 15) is 9.50 Å². The molecule has 1 aromatic heterocycles. The zero-order valence-electron chi connectivity index (χ0n) is 11.7. The van der Waals surface area contributed by atoms with Crippen LogP contribution in [0.5, 0.6) is 0 Å². The first kappa shape index (κ1) is 14.8. The average Bonchev–Trinajstić information content (AvgIpc) is 2.84. The van der Waals surface area contributed by atoms with Crippen molar-refractivity contribution >= 4 is 22.6 Å². The third-order valence-corrected chi connectivity index (χ3v) is 4.31. The highest BCUT2D eigenvalue weighted by Gasteiger charge is 2.21. The number of benzene rings is 1. The van der Waals surface area contributed by atoms with Crippen LogP contribution in [0.15, 0.2) is 18.5 Å². The van der Waals surface area contributed by atoms with Crippen LogP contribution in [-0.2, 0) is 6.54 Å². The third-order valence-electron chi connectivity index (χ3n) is 4.09. The number of halogens is 2. The Kier molecular flexibility index (Phi) is 4.42. The molecule has 4 nitrogen and oxygen atoms in total. The van der Waals surface area contributed by atoms with Crippen molar-refractivity contribution in [2.75, 3.05) is 6.54 Å². The summed E-state index contributed by atoms with van der Waals surface area (Å²) in [6.07, 6.45) is 5.00. The number of fused-ring (bicyclic) bond motifs is 1. The van der Waals surface area contributed by atoms with Crippen LogP contribution in [0, 0.1) is 5.82 Å². The summed E-state index contributed by atoms with van der Waals surface area (Å²) in [5, 5.41) is 13.6. The summed E-state index contributed by atoms with van der Waals surface area (Å²) in [5.41, 5.74) is 1.08. The van der Waals surface area contributed by atoms with E-state index in [-0.39, 0.29) is 18.0 Å². The van der Waals surface area contributed by atoms with E-state index in [1.165, 1.54) is 6.07 Å². The predicted molar refractivity (Wildman–Crippen MR) is 81.0 cm³/mol. The van der Waals surface area contributed by atoms with Gasteiger partial charge in [-0.1, -0.05) is 11.6 Å². The standard InChI is InChI=1S/C15H19ClFN3O/c16-10-7-11(17)15-13(8-10)19-9-20(15)6-2-3-12-14(21)4-1-5-18-12/h7-9,12,14,18,21H,1-6H2/t12-,14+/m1/s1. The molecule has 114 valence electrons. The summed E-state index contributed by atoms with van der Waals surface area (Å²) >= 11 is 5.83. The first-order valence-corrected chi connectivity index (χ1v) is 7.74. The molecule has 0 aliphatic carbocycles. The van der Waals surface area contributed by atoms with Crippen LogP contribution in [0.4, 0.5) is 4.39 Å². The summed E-state index contributed by atoms with van der Waals surface area (Å²) in [4.78, 5) is 4.19. The number of imidazole rings is 1. The van der Waals surface area contributed by atoms with Crippen LogP contribution < -0.4 is 5.32 Å². The molecular weight excluding hydrogens is 293 g/mol. The van der Waals surface area contributed by atoms with E-state index in [0.717, 1.165) is 32.2 Å². The molecule has 0 spiro atoms. The highest BCUT2D eigenvalue weighted by Crippen LogP contribution is 2.23. The van der Waals surface area contributed by atoms with Gasteiger partial charge in [-0.05, 0) is 44.4 Å². The Morgan fingerprint density at radius 3 is 3.14 bits per heavy atom. The normalized spacial score (nSPS) is 22.8. The number of piperidine rings is 1. The topological polar surface area (TPSA) is 50.1 Å². The molecule has 6 heteroatoms. The fourth-order valence-corrected chi connectivity index (χ4v) is 3.21. The van der Waals surface area contributed by atoms with Gasteiger partial charge in [0.1, 0.15) is 5.52 Å². The minimum absolute atomic E-state index is 0.146. The van der Waals surface area contributed by atoms with Crippen LogP contribution >= 0.6 is 11.6 Å². The Labute approximate surface area is 127 Å². The number of nitrogens with one attached hydrogen (secondary N) is 1. The first-order chi connectivity index (χ1) is 10.1. The van der Waals surface area contributed by atoms with Gasteiger partial charge < -0.3 is 15.0 Å². The third kappa shape index (κ3) is 3.20. The van der Waals surface area contributed by atoms with Crippen LogP contribution in [-0.4, -0.2) is 33.3 Å². The summed E-state index contributed by atoms with van der Waals surface area (Å²) in [7, 11) is 0. The average molecular weight is 312 g/mol. The second kappa shape index (κ2) is 6.30. The summed E-state index contributed by atoms with van der Waals surface area (Å²) in [5.74, 6) is -0.342. The van der Waals surface area contributed by atoms with Crippen molar-refractivity contribution in [2.24, 2.45) is 0 Å². The fraction of sp³-hybridized carbons (Fsp3) is 0.533. The minimum atomic E-state index is -0.342. The minimum Gasteiger partial charge on any atom is -0.392 e. The zero-order chi connectivity index (χ0) is 14.8. The van der Waals surface area contributed by atoms with Crippen LogP contribution in [0.2, 0.25) is 5.02 Å². The van der Waals surface area contributed by atoms with E-state index >= 15 is 0 Å². The maximum absolute atomic E-state index is 14.0. The van der Waals surface area contributed by atoms with E-state index < -0.39 is 0 Å². The predicted octanol–water partition coefficient (Wildman–Crippen LogP) is 2.72. The number of aliphatic hydroxyl groups is 1. The van der Waals surface area contributed by atoms with Gasteiger partial charge in [0, 0.05) is 17.6 Å². The van der Waals surface area contributed by atoms with Crippen LogP contribution in [0.1, 0.15) is 25.7 Å². The van der Waals surface area contributed by atoms with Crippen LogP contribution in [0.25, 0.3) is 11.0 Å². The van der Waals surface area contributed by atoms with Crippen molar-refractivity contribution in [3.63, 3.8) is 0 Å². The lowest BCUT2D eigenvalue weighted by Gasteiger charge is -2.29. The number of rotatable bonds is 4. The van der Waals surface area contributed by atoms with Crippen molar-refractivity contribution in [1.29, 1.82) is 0 Å². The van der Waals surface area contributed by atoms with Gasteiger partial charge in [0.2, 0.25) is 0 Å². The molecule has 2 atom stereocenters. The number of aryl methyl sites for hydroxylation is 1. The number of aliphatic hydroxyl groups excluding tert-OH is 1. The number of hydrogen-bond acceptors (Lipinski definition) is 3. The molecule has 21 heavy (non-hydrogen) atoms. The molecule has 2 aromatic rings. The molecule has 0 unspecified atom stereocenters. The molecule has 2 heterocycles. The van der Waals surface area contributed by atoms with Gasteiger partial charge in [-0.2, -0.15) is 0 Å². The monoisotopic (exact) mass is 311 g/mol. The van der Waals surface area contributed by atoms with Gasteiger partial charge in [0.05, 0.1) is 17.9 Å². The summed E-state index contributed by atoms with van der Waals surface area (Å²) in [6, 6.07) is 3.13. The molecule has 1 aliphatic rings. The van der Waals surface area contributed by atoms with Gasteiger partial charge in [0.25, 0.3) is 0 Å². The highest BCUT2D eigenvalue weighted by atomic mass is 35.5. The lowest BCUT2D eigenvalue weighted by Crippen LogP contribution is -2.44. The molecule has 1 fully saturated rings. The quantitative estimate of drug-likeness (QED) is 0.913. The molecule has 1 saturated heterocycles. The van der Waals surface area contributed by atoms with E-state index in [0.29, 0.717) is 22.6 Å². The van der Waals surface area contributed by atoms with Crippen molar-refractivity contribution in [3.8, 4) is 0 Å². The smallest absolute Gasteiger partial charge is 0.150 e. The maximum Gasteiger partial charge on any atom is 0.150 e. The molecular formula is C15H19ClFN3O. The number of aromatic nitrogens is 2. The SMILES string of the molecule is O[C@H]1CCCN[C@@H]1CCCn1cnc2cc(Cl)cc(F)c21. The van der Waals surface area contributed by atoms with Gasteiger partial charge in [-0.3, -0.25) is 0 Å². The fourth-order valence-electron chi connectivity index (χ4n) is 3.01. The van der Waals surface area contributed by atoms with Gasteiger partial charge in [0.15, 0.2) is 5.82 Å². The van der Waals surface area contributed by atoms with Gasteiger partial charge in [-0.15, -0.1) is 0 Å². The number of hydrogen-bond donors (Lipinski definition) is 2. The highest BCUT2D eigenvalue weighted by molar-refractivity contribution is 6.31. The molecule has 0 amide bonds. The van der Waals surface area contributed by atoms with Gasteiger partial charge >= 0.3 is 0 Å². The van der Waals surface area contributed by atoms with E-state index in [1.807, 2.05) is 4.57 Å². The second-order valence-electron chi connectivity index (χ2n) is 5.61. The Balaban J connectivity index is 1.65.